The fourth-order valence-corrected chi connectivity index (χ4v) is 4.61. The molecule has 0 aromatic heterocycles. The van der Waals surface area contributed by atoms with Crippen LogP contribution in [0.4, 0.5) is 0 Å². The Hall–Kier alpha value is -2.52. The maximum atomic E-state index is 9.10. The third kappa shape index (κ3) is 6.74. The molecule has 32 heavy (non-hydrogen) atoms. The van der Waals surface area contributed by atoms with Gasteiger partial charge in [0.2, 0.25) is 0 Å². The summed E-state index contributed by atoms with van der Waals surface area (Å²) in [6.45, 7) is 9.12. The number of aliphatic carboxylic acids is 2. The van der Waals surface area contributed by atoms with Gasteiger partial charge in [-0.1, -0.05) is 42.5 Å². The first-order valence-corrected chi connectivity index (χ1v) is 11.2. The summed E-state index contributed by atoms with van der Waals surface area (Å²) < 4.78 is 0. The Morgan fingerprint density at radius 3 is 2.06 bits per heavy atom. The van der Waals surface area contributed by atoms with Gasteiger partial charge in [-0.05, 0) is 42.3 Å². The Morgan fingerprint density at radius 2 is 1.44 bits per heavy atom. The van der Waals surface area contributed by atoms with Gasteiger partial charge in [0.05, 0.1) is 6.61 Å². The number of likely N-dealkylation sites (tertiary alicyclic amines) is 1. The van der Waals surface area contributed by atoms with Crippen LogP contribution in [-0.2, 0) is 16.1 Å². The number of carboxylic acids is 2. The number of piperazine rings is 1. The van der Waals surface area contributed by atoms with E-state index in [1.165, 1.54) is 42.3 Å². The van der Waals surface area contributed by atoms with E-state index >= 15 is 0 Å². The van der Waals surface area contributed by atoms with E-state index in [0.29, 0.717) is 0 Å². The van der Waals surface area contributed by atoms with Crippen molar-refractivity contribution in [2.24, 2.45) is 0 Å². The summed E-state index contributed by atoms with van der Waals surface area (Å²) in [6.07, 6.45) is 2.57. The second-order valence-electron chi connectivity index (χ2n) is 8.36. The summed E-state index contributed by atoms with van der Waals surface area (Å²) in [6, 6.07) is 16.2. The summed E-state index contributed by atoms with van der Waals surface area (Å²) in [5, 5.41) is 26.6. The molecule has 2 aliphatic heterocycles. The van der Waals surface area contributed by atoms with E-state index in [1.54, 1.807) is 0 Å². The van der Waals surface area contributed by atoms with Gasteiger partial charge in [-0.2, -0.15) is 0 Å². The fourth-order valence-electron chi connectivity index (χ4n) is 4.61. The lowest BCUT2D eigenvalue weighted by Crippen LogP contribution is -2.53. The minimum Gasteiger partial charge on any atom is -0.473 e. The van der Waals surface area contributed by atoms with Crippen LogP contribution in [0, 0.1) is 0 Å². The van der Waals surface area contributed by atoms with Gasteiger partial charge < -0.3 is 15.3 Å². The average molecular weight is 444 g/mol. The predicted octanol–water partition coefficient (Wildman–Crippen LogP) is 1.57. The van der Waals surface area contributed by atoms with Crippen LogP contribution in [0.5, 0.6) is 0 Å². The maximum absolute atomic E-state index is 9.10. The number of aliphatic hydroxyl groups is 1. The highest BCUT2D eigenvalue weighted by Crippen LogP contribution is 2.23. The number of β-amino-alcohol motifs (C(OH)–C–C–N with tert-alkyl or cyclic N) is 1. The lowest BCUT2D eigenvalue weighted by molar-refractivity contribution is -0.159. The van der Waals surface area contributed by atoms with Crippen molar-refractivity contribution in [1.82, 2.24) is 14.7 Å². The third-order valence-electron chi connectivity index (χ3n) is 6.35. The maximum Gasteiger partial charge on any atom is 0.414 e. The van der Waals surface area contributed by atoms with E-state index in [0.717, 1.165) is 45.3 Å². The van der Waals surface area contributed by atoms with Crippen molar-refractivity contribution < 1.29 is 24.9 Å². The highest BCUT2D eigenvalue weighted by Gasteiger charge is 2.27. The van der Waals surface area contributed by atoms with Crippen molar-refractivity contribution >= 4 is 22.7 Å². The van der Waals surface area contributed by atoms with Crippen LogP contribution in [0.15, 0.2) is 42.5 Å². The lowest BCUT2D eigenvalue weighted by atomic mass is 10.00. The minimum atomic E-state index is -1.82. The molecule has 4 rings (SSSR count). The first-order chi connectivity index (χ1) is 15.5. The van der Waals surface area contributed by atoms with Gasteiger partial charge in [-0.15, -0.1) is 0 Å². The molecule has 0 atom stereocenters. The van der Waals surface area contributed by atoms with Crippen LogP contribution < -0.4 is 0 Å². The molecule has 0 amide bonds. The number of hydrogen-bond acceptors (Lipinski definition) is 6. The lowest BCUT2D eigenvalue weighted by Gasteiger charge is -2.42. The molecule has 0 saturated carbocycles. The Labute approximate surface area is 188 Å². The molecule has 0 radical (unpaired) electrons. The number of rotatable bonds is 5. The van der Waals surface area contributed by atoms with Crippen LogP contribution in [0.1, 0.15) is 18.4 Å². The van der Waals surface area contributed by atoms with E-state index in [-0.39, 0.29) is 6.61 Å². The zero-order valence-electron chi connectivity index (χ0n) is 18.4. The van der Waals surface area contributed by atoms with Gasteiger partial charge in [0.15, 0.2) is 0 Å². The standard InChI is InChI=1S/C22H31N3O.C2H2O4/c26-17-16-23-12-14-25(15-13-23)21-8-10-24(11-9-21)18-20-6-3-5-19-4-1-2-7-22(19)20;3-1(4)2(5)6/h1-7,21,26H,8-18H2;(H,3,4)(H,5,6). The molecule has 0 spiro atoms. The van der Waals surface area contributed by atoms with Gasteiger partial charge in [0, 0.05) is 45.3 Å². The number of carboxylic acid groups (broad SMARTS) is 2. The summed E-state index contributed by atoms with van der Waals surface area (Å²) in [4.78, 5) is 25.9. The largest absolute Gasteiger partial charge is 0.473 e. The molecule has 2 fully saturated rings. The molecule has 0 bridgehead atoms. The van der Waals surface area contributed by atoms with Crippen molar-refractivity contribution in [3.05, 3.63) is 48.0 Å². The van der Waals surface area contributed by atoms with Gasteiger partial charge in [-0.25, -0.2) is 9.59 Å². The van der Waals surface area contributed by atoms with E-state index in [9.17, 15) is 0 Å². The van der Waals surface area contributed by atoms with Gasteiger partial charge in [0.25, 0.3) is 0 Å². The monoisotopic (exact) mass is 443 g/mol. The number of nitrogens with zero attached hydrogens (tertiary/aromatic N) is 3. The number of hydrogen-bond donors (Lipinski definition) is 3. The molecule has 0 unspecified atom stereocenters. The quantitative estimate of drug-likeness (QED) is 0.599. The second kappa shape index (κ2) is 11.9. The van der Waals surface area contributed by atoms with Crippen molar-refractivity contribution in [3.8, 4) is 0 Å². The molecule has 174 valence electrons. The van der Waals surface area contributed by atoms with Crippen LogP contribution in [0.25, 0.3) is 10.8 Å². The zero-order valence-corrected chi connectivity index (χ0v) is 18.4. The Kier molecular flexibility index (Phi) is 8.99. The second-order valence-corrected chi connectivity index (χ2v) is 8.36. The van der Waals surface area contributed by atoms with Crippen LogP contribution >= 0.6 is 0 Å². The molecule has 0 aliphatic carbocycles. The number of aliphatic hydroxyl groups excluding tert-OH is 1. The zero-order chi connectivity index (χ0) is 22.9. The SMILES string of the molecule is O=C(O)C(=O)O.OCCN1CCN(C2CCN(Cc3cccc4ccccc34)CC2)CC1. The number of piperidine rings is 1. The van der Waals surface area contributed by atoms with Crippen LogP contribution in [0.3, 0.4) is 0 Å². The number of carbonyl (C=O) groups is 2. The molecule has 8 nitrogen and oxygen atoms in total. The summed E-state index contributed by atoms with van der Waals surface area (Å²) >= 11 is 0. The summed E-state index contributed by atoms with van der Waals surface area (Å²) in [5.41, 5.74) is 1.46. The first-order valence-electron chi connectivity index (χ1n) is 11.2. The number of fused-ring (bicyclic) bond motifs is 1. The molecule has 3 N–H and O–H groups in total. The topological polar surface area (TPSA) is 105 Å². The molecule has 2 saturated heterocycles. The van der Waals surface area contributed by atoms with E-state index < -0.39 is 11.9 Å². The van der Waals surface area contributed by atoms with Crippen molar-refractivity contribution in [3.63, 3.8) is 0 Å². The molecule has 2 aromatic rings. The fraction of sp³-hybridized carbons (Fsp3) is 0.500. The van der Waals surface area contributed by atoms with Gasteiger partial charge >= 0.3 is 11.9 Å². The van der Waals surface area contributed by atoms with E-state index in [2.05, 4.69) is 57.2 Å². The summed E-state index contributed by atoms with van der Waals surface area (Å²) in [5.74, 6) is -3.65. The third-order valence-corrected chi connectivity index (χ3v) is 6.35. The van der Waals surface area contributed by atoms with Gasteiger partial charge in [-0.3, -0.25) is 14.7 Å². The Morgan fingerprint density at radius 1 is 0.812 bits per heavy atom. The van der Waals surface area contributed by atoms with E-state index in [4.69, 9.17) is 24.9 Å². The molecule has 2 aromatic carbocycles. The van der Waals surface area contributed by atoms with Crippen molar-refractivity contribution in [2.75, 3.05) is 52.4 Å². The Balaban J connectivity index is 0.000000427. The molecule has 8 heteroatoms. The van der Waals surface area contributed by atoms with E-state index in [1.807, 2.05) is 0 Å². The smallest absolute Gasteiger partial charge is 0.414 e. The highest BCUT2D eigenvalue weighted by atomic mass is 16.4. The molecule has 2 heterocycles. The molecular weight excluding hydrogens is 410 g/mol. The first kappa shape index (κ1) is 24.1. The molecule has 2 aliphatic rings. The Bertz CT molecular complexity index is 873. The van der Waals surface area contributed by atoms with Crippen LogP contribution in [0.2, 0.25) is 0 Å². The average Bonchev–Trinajstić information content (AvgIpc) is 2.81. The van der Waals surface area contributed by atoms with Crippen molar-refractivity contribution in [2.45, 2.75) is 25.4 Å². The van der Waals surface area contributed by atoms with Gasteiger partial charge in [0.1, 0.15) is 0 Å². The summed E-state index contributed by atoms with van der Waals surface area (Å²) in [7, 11) is 0. The van der Waals surface area contributed by atoms with Crippen LogP contribution in [-0.4, -0.2) is 100 Å². The number of benzene rings is 2. The highest BCUT2D eigenvalue weighted by molar-refractivity contribution is 6.27. The predicted molar refractivity (Wildman–Crippen MR) is 123 cm³/mol. The minimum absolute atomic E-state index is 0.284. The normalized spacial score (nSPS) is 18.8. The molecular formula is C24H33N3O5. The van der Waals surface area contributed by atoms with Crippen molar-refractivity contribution in [1.29, 1.82) is 0 Å².